The Hall–Kier alpha value is -3.29. The quantitative estimate of drug-likeness (QED) is 0.305. The maximum Gasteiger partial charge on any atom is 0.374 e. The third-order valence-corrected chi connectivity index (χ3v) is 4.61. The van der Waals surface area contributed by atoms with E-state index in [4.69, 9.17) is 13.9 Å². The van der Waals surface area contributed by atoms with Crippen molar-refractivity contribution in [1.82, 2.24) is 0 Å². The molecule has 31 heavy (non-hydrogen) atoms. The fourth-order valence-electron chi connectivity index (χ4n) is 2.99. The molecule has 2 aromatic rings. The summed E-state index contributed by atoms with van der Waals surface area (Å²) in [5.41, 5.74) is 0.505. The molecule has 8 nitrogen and oxygen atoms in total. The van der Waals surface area contributed by atoms with Crippen LogP contribution in [-0.4, -0.2) is 37.2 Å². The lowest BCUT2D eigenvalue weighted by Crippen LogP contribution is -2.12. The lowest BCUT2D eigenvalue weighted by molar-refractivity contribution is 0.0561. The van der Waals surface area contributed by atoms with E-state index in [0.29, 0.717) is 42.9 Å². The summed E-state index contributed by atoms with van der Waals surface area (Å²) >= 11 is 0. The van der Waals surface area contributed by atoms with Gasteiger partial charge in [-0.1, -0.05) is 13.3 Å². The van der Waals surface area contributed by atoms with Crippen molar-refractivity contribution in [2.45, 2.75) is 46.0 Å². The van der Waals surface area contributed by atoms with Gasteiger partial charge in [-0.2, -0.15) is 0 Å². The summed E-state index contributed by atoms with van der Waals surface area (Å²) in [7, 11) is 1.20. The molecule has 0 aliphatic carbocycles. The van der Waals surface area contributed by atoms with Crippen LogP contribution < -0.4 is 14.9 Å². The molecule has 168 valence electrons. The molecule has 1 aromatic heterocycles. The number of hydrogen-bond acceptors (Lipinski definition) is 8. The Morgan fingerprint density at radius 2 is 1.74 bits per heavy atom. The Labute approximate surface area is 180 Å². The highest BCUT2D eigenvalue weighted by molar-refractivity contribution is 5.97. The second-order valence-corrected chi connectivity index (χ2v) is 6.97. The number of carbonyl (C=O) groups excluding carboxylic acids is 2. The van der Waals surface area contributed by atoms with Crippen molar-refractivity contribution in [1.29, 1.82) is 0 Å². The summed E-state index contributed by atoms with van der Waals surface area (Å²) in [6, 6.07) is 4.34. The Bertz CT molecular complexity index is 961. The molecule has 0 aliphatic heterocycles. The Morgan fingerprint density at radius 1 is 1.06 bits per heavy atom. The van der Waals surface area contributed by atoms with Gasteiger partial charge in [0.15, 0.2) is 5.78 Å². The monoisotopic (exact) mass is 432 g/mol. The normalized spacial score (nSPS) is 10.5. The highest BCUT2D eigenvalue weighted by atomic mass is 16.5. The van der Waals surface area contributed by atoms with Crippen molar-refractivity contribution in [2.24, 2.45) is 0 Å². The number of aromatic hydroxyl groups is 1. The average Bonchev–Trinajstić information content (AvgIpc) is 2.75. The van der Waals surface area contributed by atoms with Gasteiger partial charge in [0.05, 0.1) is 25.9 Å². The van der Waals surface area contributed by atoms with E-state index in [1.807, 2.05) is 6.92 Å². The topological polar surface area (TPSA) is 112 Å². The van der Waals surface area contributed by atoms with Gasteiger partial charge in [-0.25, -0.2) is 4.79 Å². The van der Waals surface area contributed by atoms with Crippen LogP contribution in [0.5, 0.6) is 17.2 Å². The number of benzene rings is 1. The molecule has 0 atom stereocenters. The first kappa shape index (κ1) is 24.0. The number of phenolic OH excluding ortho intramolecular Hbond substituents is 1. The van der Waals surface area contributed by atoms with Crippen molar-refractivity contribution < 1.29 is 33.3 Å². The summed E-state index contributed by atoms with van der Waals surface area (Å²) in [5.74, 6) is -0.470. The van der Waals surface area contributed by atoms with E-state index in [2.05, 4.69) is 4.74 Å². The largest absolute Gasteiger partial charge is 0.507 e. The molecular formula is C23H28O8. The van der Waals surface area contributed by atoms with E-state index in [1.54, 1.807) is 12.1 Å². The predicted octanol–water partition coefficient (Wildman–Crippen LogP) is 3.92. The third-order valence-electron chi connectivity index (χ3n) is 4.61. The summed E-state index contributed by atoms with van der Waals surface area (Å²) in [5, 5.41) is 10.4. The van der Waals surface area contributed by atoms with E-state index < -0.39 is 11.4 Å². The minimum absolute atomic E-state index is 0.00250. The molecule has 0 aliphatic rings. The second kappa shape index (κ2) is 11.8. The summed E-state index contributed by atoms with van der Waals surface area (Å²) in [6.45, 7) is 4.18. The molecule has 0 unspecified atom stereocenters. The highest BCUT2D eigenvalue weighted by Gasteiger charge is 2.16. The van der Waals surface area contributed by atoms with E-state index in [1.165, 1.54) is 14.0 Å². The minimum Gasteiger partial charge on any atom is -0.507 e. The molecule has 0 saturated carbocycles. The van der Waals surface area contributed by atoms with Crippen LogP contribution in [0.2, 0.25) is 0 Å². The van der Waals surface area contributed by atoms with Gasteiger partial charge in [0, 0.05) is 11.6 Å². The second-order valence-electron chi connectivity index (χ2n) is 6.97. The van der Waals surface area contributed by atoms with Crippen LogP contribution in [0.25, 0.3) is 0 Å². The molecule has 0 fully saturated rings. The summed E-state index contributed by atoms with van der Waals surface area (Å²) in [4.78, 5) is 34.9. The minimum atomic E-state index is -0.727. The van der Waals surface area contributed by atoms with Crippen molar-refractivity contribution >= 4 is 11.8 Å². The fourth-order valence-corrected chi connectivity index (χ4v) is 2.99. The van der Waals surface area contributed by atoms with Crippen molar-refractivity contribution in [3.05, 3.63) is 51.6 Å². The number of methoxy groups -OCH3 is 1. The zero-order chi connectivity index (χ0) is 22.8. The van der Waals surface area contributed by atoms with E-state index in [9.17, 15) is 19.5 Å². The number of carbonyl (C=O) groups is 2. The lowest BCUT2D eigenvalue weighted by Gasteiger charge is -2.14. The third kappa shape index (κ3) is 6.60. The number of unbranched alkanes of at least 4 members (excludes halogenated alkanes) is 2. The fraction of sp³-hybridized carbons (Fsp3) is 0.435. The first-order chi connectivity index (χ1) is 14.9. The van der Waals surface area contributed by atoms with Gasteiger partial charge in [-0.05, 0) is 44.7 Å². The van der Waals surface area contributed by atoms with Crippen LogP contribution in [0.15, 0.2) is 33.7 Å². The smallest absolute Gasteiger partial charge is 0.374 e. The summed E-state index contributed by atoms with van der Waals surface area (Å²) in [6.07, 6.45) is 4.78. The van der Waals surface area contributed by atoms with E-state index in [0.717, 1.165) is 31.6 Å². The maximum absolute atomic E-state index is 11.9. The zero-order valence-electron chi connectivity index (χ0n) is 18.1. The van der Waals surface area contributed by atoms with Crippen molar-refractivity contribution in [3.63, 3.8) is 0 Å². The average molecular weight is 432 g/mol. The number of ether oxygens (including phenoxy) is 3. The molecule has 0 amide bonds. The van der Waals surface area contributed by atoms with Gasteiger partial charge in [-0.15, -0.1) is 0 Å². The first-order valence-corrected chi connectivity index (χ1v) is 10.2. The zero-order valence-corrected chi connectivity index (χ0v) is 18.1. The van der Waals surface area contributed by atoms with Crippen LogP contribution in [0.3, 0.4) is 0 Å². The molecule has 0 bridgehead atoms. The SMILES string of the molecule is CCCc1c(OCCCCCOc2coc(C(=O)OC)cc2=O)ccc(C(C)=O)c1O. The Morgan fingerprint density at radius 3 is 2.32 bits per heavy atom. The number of rotatable bonds is 12. The van der Waals surface area contributed by atoms with Crippen LogP contribution in [0.4, 0.5) is 0 Å². The van der Waals surface area contributed by atoms with Crippen LogP contribution in [0.1, 0.15) is 66.0 Å². The van der Waals surface area contributed by atoms with E-state index >= 15 is 0 Å². The number of hydrogen-bond donors (Lipinski definition) is 1. The van der Waals surface area contributed by atoms with Gasteiger partial charge >= 0.3 is 5.97 Å². The number of esters is 1. The molecule has 0 spiro atoms. The van der Waals surface area contributed by atoms with Gasteiger partial charge in [-0.3, -0.25) is 9.59 Å². The molecule has 0 saturated heterocycles. The summed E-state index contributed by atoms with van der Waals surface area (Å²) < 4.78 is 20.8. The maximum atomic E-state index is 11.9. The number of ketones is 1. The first-order valence-electron chi connectivity index (χ1n) is 10.2. The molecule has 1 aromatic carbocycles. The van der Waals surface area contributed by atoms with Crippen LogP contribution in [0, 0.1) is 0 Å². The van der Waals surface area contributed by atoms with Crippen molar-refractivity contribution in [2.75, 3.05) is 20.3 Å². The highest BCUT2D eigenvalue weighted by Crippen LogP contribution is 2.33. The molecule has 8 heteroatoms. The van der Waals surface area contributed by atoms with Crippen LogP contribution >= 0.6 is 0 Å². The van der Waals surface area contributed by atoms with E-state index in [-0.39, 0.29) is 23.0 Å². The lowest BCUT2D eigenvalue weighted by atomic mass is 10.0. The predicted molar refractivity (Wildman–Crippen MR) is 113 cm³/mol. The Balaban J connectivity index is 1.78. The van der Waals surface area contributed by atoms with Crippen LogP contribution in [-0.2, 0) is 11.2 Å². The molecule has 2 rings (SSSR count). The molecule has 1 heterocycles. The Kier molecular flexibility index (Phi) is 9.12. The molecule has 0 radical (unpaired) electrons. The van der Waals surface area contributed by atoms with Gasteiger partial charge in [0.25, 0.3) is 0 Å². The van der Waals surface area contributed by atoms with Gasteiger partial charge in [0.2, 0.25) is 16.9 Å². The standard InChI is InChI=1S/C23H28O8/c1-4-8-17-19(10-9-16(15(2)24)22(17)26)29-11-6-5-7-12-30-21-14-31-20(13-18(21)25)23(27)28-3/h9-10,13-14,26H,4-8,11-12H2,1-3H3. The molecular weight excluding hydrogens is 404 g/mol. The number of Topliss-reactive ketones (excluding diaryl/α,β-unsaturated/α-hetero) is 1. The van der Waals surface area contributed by atoms with Crippen molar-refractivity contribution in [3.8, 4) is 17.2 Å². The molecule has 1 N–H and O–H groups in total. The van der Waals surface area contributed by atoms with Gasteiger partial charge in [0.1, 0.15) is 17.8 Å². The van der Waals surface area contributed by atoms with Gasteiger partial charge < -0.3 is 23.7 Å². The number of phenols is 1.